The quantitative estimate of drug-likeness (QED) is 0.514. The Kier molecular flexibility index (Phi) is 4.53. The highest BCUT2D eigenvalue weighted by molar-refractivity contribution is 8.01. The van der Waals surface area contributed by atoms with E-state index in [9.17, 15) is 9.46 Å². The van der Waals surface area contributed by atoms with Gasteiger partial charge in [-0.15, -0.1) is 0 Å². The molecule has 0 N–H and O–H groups in total. The summed E-state index contributed by atoms with van der Waals surface area (Å²) in [5.74, 6) is 0. The second-order valence-electron chi connectivity index (χ2n) is 3.29. The summed E-state index contributed by atoms with van der Waals surface area (Å²) >= 11 is 1.51. The average Bonchev–Trinajstić information content (AvgIpc) is 2.41. The zero-order valence-corrected chi connectivity index (χ0v) is 9.92. The van der Waals surface area contributed by atoms with Gasteiger partial charge in [0.25, 0.3) is 0 Å². The van der Waals surface area contributed by atoms with Crippen LogP contribution in [0.3, 0.4) is 0 Å². The van der Waals surface area contributed by atoms with Crippen LogP contribution in [0.2, 0.25) is 0 Å². The van der Waals surface area contributed by atoms with E-state index in [0.717, 1.165) is 13.1 Å². The Morgan fingerprint density at radius 2 is 2.36 bits per heavy atom. The molecule has 1 aliphatic heterocycles. The van der Waals surface area contributed by atoms with Gasteiger partial charge in [-0.3, -0.25) is 0 Å². The monoisotopic (exact) mass is 235 g/mol. The standard InChI is InChI=1S/C7H14BO4PS/c1-11-5-3-7(8)14-6(5)4-12-13(2,9)10/h5-7H,3-4H2,1-2H3,(H,9,10)/p-1/t5-,6-,7-/m1/s1. The van der Waals surface area contributed by atoms with Crippen LogP contribution >= 0.6 is 19.4 Å². The minimum absolute atomic E-state index is 0.0106. The highest BCUT2D eigenvalue weighted by Crippen LogP contribution is 2.38. The van der Waals surface area contributed by atoms with Crippen molar-refractivity contribution in [3.05, 3.63) is 0 Å². The lowest BCUT2D eigenvalue weighted by molar-refractivity contribution is -0.196. The van der Waals surface area contributed by atoms with Gasteiger partial charge in [0.05, 0.1) is 25.8 Å². The van der Waals surface area contributed by atoms with Crippen molar-refractivity contribution in [2.24, 2.45) is 0 Å². The Morgan fingerprint density at radius 3 is 2.86 bits per heavy atom. The van der Waals surface area contributed by atoms with Gasteiger partial charge in [-0.2, -0.15) is 11.8 Å². The summed E-state index contributed by atoms with van der Waals surface area (Å²) in [4.78, 5) is 10.8. The molecule has 4 nitrogen and oxygen atoms in total. The van der Waals surface area contributed by atoms with E-state index in [0.29, 0.717) is 0 Å². The SMILES string of the molecule is [B][C@H]1C[C@@H](OC)[C@@H](COP(C)(=O)[O-])S1. The molecule has 0 bridgehead atoms. The second-order valence-corrected chi connectivity index (χ2v) is 6.57. The minimum atomic E-state index is -3.63. The highest BCUT2D eigenvalue weighted by atomic mass is 32.2. The lowest BCUT2D eigenvalue weighted by Crippen LogP contribution is -2.25. The Labute approximate surface area is 89.7 Å². The molecule has 0 amide bonds. The summed E-state index contributed by atoms with van der Waals surface area (Å²) in [7, 11) is 3.67. The van der Waals surface area contributed by atoms with Crippen molar-refractivity contribution >= 4 is 27.2 Å². The first-order chi connectivity index (χ1) is 6.42. The van der Waals surface area contributed by atoms with Crippen molar-refractivity contribution < 1.29 is 18.7 Å². The molecule has 0 saturated carbocycles. The fourth-order valence-corrected chi connectivity index (χ4v) is 3.18. The second kappa shape index (κ2) is 5.04. The molecule has 1 heterocycles. The third-order valence-electron chi connectivity index (χ3n) is 2.00. The van der Waals surface area contributed by atoms with Crippen LogP contribution in [0.4, 0.5) is 0 Å². The van der Waals surface area contributed by atoms with Crippen LogP contribution in [0.5, 0.6) is 0 Å². The van der Waals surface area contributed by atoms with Gasteiger partial charge < -0.3 is 18.7 Å². The van der Waals surface area contributed by atoms with Crippen LogP contribution in [-0.2, 0) is 13.8 Å². The maximum Gasteiger partial charge on any atom is 0.131 e. The van der Waals surface area contributed by atoms with E-state index in [1.807, 2.05) is 0 Å². The fourth-order valence-electron chi connectivity index (χ4n) is 1.35. The van der Waals surface area contributed by atoms with Gasteiger partial charge in [0.1, 0.15) is 7.60 Å². The van der Waals surface area contributed by atoms with Crippen molar-refractivity contribution in [1.82, 2.24) is 0 Å². The van der Waals surface area contributed by atoms with Crippen molar-refractivity contribution in [3.63, 3.8) is 0 Å². The van der Waals surface area contributed by atoms with Crippen molar-refractivity contribution in [2.45, 2.75) is 22.9 Å². The van der Waals surface area contributed by atoms with Crippen molar-refractivity contribution in [1.29, 1.82) is 0 Å². The zero-order chi connectivity index (χ0) is 10.8. The van der Waals surface area contributed by atoms with Gasteiger partial charge in [-0.05, 0) is 11.6 Å². The van der Waals surface area contributed by atoms with E-state index in [2.05, 4.69) is 0 Å². The first kappa shape index (κ1) is 12.6. The predicted molar refractivity (Wildman–Crippen MR) is 55.8 cm³/mol. The molecule has 0 aromatic heterocycles. The summed E-state index contributed by atoms with van der Waals surface area (Å²) in [5.41, 5.74) is 0. The summed E-state index contributed by atoms with van der Waals surface area (Å²) in [6.45, 7) is 1.21. The highest BCUT2D eigenvalue weighted by Gasteiger charge is 2.32. The molecular weight excluding hydrogens is 222 g/mol. The van der Waals surface area contributed by atoms with Crippen molar-refractivity contribution in [2.75, 3.05) is 20.4 Å². The molecule has 0 aromatic carbocycles. The normalized spacial score (nSPS) is 36.9. The maximum atomic E-state index is 10.8. The van der Waals surface area contributed by atoms with Crippen molar-refractivity contribution in [3.8, 4) is 0 Å². The molecule has 1 unspecified atom stereocenters. The Morgan fingerprint density at radius 1 is 1.71 bits per heavy atom. The largest absolute Gasteiger partial charge is 0.779 e. The molecule has 1 fully saturated rings. The Bertz CT molecular complexity index is 234. The predicted octanol–water partition coefficient (Wildman–Crippen LogP) is 0.201. The Hall–Kier alpha value is 0.525. The van der Waals surface area contributed by atoms with Gasteiger partial charge in [-0.25, -0.2) is 0 Å². The van der Waals surface area contributed by atoms with E-state index < -0.39 is 7.60 Å². The molecule has 1 aliphatic rings. The molecule has 4 atom stereocenters. The lowest BCUT2D eigenvalue weighted by atomic mass is 9.97. The average molecular weight is 235 g/mol. The maximum absolute atomic E-state index is 10.8. The molecule has 14 heavy (non-hydrogen) atoms. The third kappa shape index (κ3) is 3.95. The van der Waals surface area contributed by atoms with Gasteiger partial charge in [0.2, 0.25) is 0 Å². The molecule has 7 heteroatoms. The van der Waals surface area contributed by atoms with Gasteiger partial charge >= 0.3 is 0 Å². The van der Waals surface area contributed by atoms with E-state index in [1.165, 1.54) is 11.8 Å². The number of rotatable bonds is 4. The topological polar surface area (TPSA) is 58.6 Å². The summed E-state index contributed by atoms with van der Waals surface area (Å²) < 4.78 is 20.7. The molecule has 80 valence electrons. The number of thioether (sulfide) groups is 1. The molecule has 1 saturated heterocycles. The molecule has 0 spiro atoms. The van der Waals surface area contributed by atoms with Crippen LogP contribution in [0.15, 0.2) is 0 Å². The van der Waals surface area contributed by atoms with Gasteiger partial charge in [0.15, 0.2) is 0 Å². The van der Waals surface area contributed by atoms with E-state index in [1.54, 1.807) is 7.11 Å². The number of ether oxygens (including phenoxy) is 1. The van der Waals surface area contributed by atoms with E-state index in [-0.39, 0.29) is 23.1 Å². The molecule has 1 rings (SSSR count). The summed E-state index contributed by atoms with van der Waals surface area (Å²) in [5, 5.41) is 0.0219. The van der Waals surface area contributed by atoms with E-state index >= 15 is 0 Å². The smallest absolute Gasteiger partial charge is 0.131 e. The molecule has 0 aromatic rings. The first-order valence-electron chi connectivity index (χ1n) is 4.29. The number of hydrogen-bond donors (Lipinski definition) is 0. The molecule has 2 radical (unpaired) electrons. The summed E-state index contributed by atoms with van der Waals surface area (Å²) in [6, 6.07) is 0. The lowest BCUT2D eigenvalue weighted by Gasteiger charge is -2.22. The fraction of sp³-hybridized carbons (Fsp3) is 1.00. The minimum Gasteiger partial charge on any atom is -0.779 e. The summed E-state index contributed by atoms with van der Waals surface area (Å²) in [6.07, 6.45) is 0.726. The van der Waals surface area contributed by atoms with Crippen LogP contribution in [0.25, 0.3) is 0 Å². The van der Waals surface area contributed by atoms with Gasteiger partial charge in [0, 0.05) is 13.8 Å². The van der Waals surface area contributed by atoms with Gasteiger partial charge in [-0.1, -0.05) is 0 Å². The first-order valence-corrected chi connectivity index (χ1v) is 7.22. The van der Waals surface area contributed by atoms with E-state index in [4.69, 9.17) is 17.1 Å². The number of hydrogen-bond acceptors (Lipinski definition) is 5. The third-order valence-corrected chi connectivity index (χ3v) is 3.95. The van der Waals surface area contributed by atoms with Crippen LogP contribution in [-0.4, -0.2) is 44.7 Å². The van der Waals surface area contributed by atoms with Crippen LogP contribution in [0.1, 0.15) is 6.42 Å². The van der Waals surface area contributed by atoms with Crippen LogP contribution < -0.4 is 4.89 Å². The number of methoxy groups -OCH3 is 1. The Balaban J connectivity index is 2.40. The molecular formula is C7H13BO4PS-. The zero-order valence-electron chi connectivity index (χ0n) is 8.21. The molecule has 0 aliphatic carbocycles. The van der Waals surface area contributed by atoms with Crippen LogP contribution in [0, 0.1) is 0 Å².